The number of Topliss-reactive ketones (excluding diaryl/α,β-unsaturated/α-hetero) is 1. The summed E-state index contributed by atoms with van der Waals surface area (Å²) in [6, 6.07) is 10.0. The number of thiophene rings is 1. The summed E-state index contributed by atoms with van der Waals surface area (Å²) in [7, 11) is 0. The zero-order chi connectivity index (χ0) is 16.1. The topological polar surface area (TPSA) is 72.5 Å². The molecule has 0 aliphatic rings. The summed E-state index contributed by atoms with van der Waals surface area (Å²) in [5.41, 5.74) is 0.812. The van der Waals surface area contributed by atoms with E-state index in [9.17, 15) is 14.4 Å². The average Bonchev–Trinajstić information content (AvgIpc) is 3.01. The van der Waals surface area contributed by atoms with Crippen LogP contribution in [0.4, 0.5) is 5.69 Å². The van der Waals surface area contributed by atoms with Crippen LogP contribution in [-0.4, -0.2) is 23.8 Å². The summed E-state index contributed by atoms with van der Waals surface area (Å²) in [6.07, 6.45) is -0.963. The minimum absolute atomic E-state index is 0.154. The van der Waals surface area contributed by atoms with Gasteiger partial charge in [-0.3, -0.25) is 9.59 Å². The van der Waals surface area contributed by atoms with E-state index in [-0.39, 0.29) is 5.78 Å². The number of para-hydroxylation sites is 1. The predicted molar refractivity (Wildman–Crippen MR) is 84.3 cm³/mol. The van der Waals surface area contributed by atoms with Gasteiger partial charge in [-0.2, -0.15) is 0 Å². The number of ketones is 1. The monoisotopic (exact) mass is 317 g/mol. The molecule has 1 heterocycles. The molecule has 1 amide bonds. The number of hydrogen-bond acceptors (Lipinski definition) is 5. The summed E-state index contributed by atoms with van der Waals surface area (Å²) in [4.78, 5) is 35.8. The van der Waals surface area contributed by atoms with Crippen molar-refractivity contribution in [1.82, 2.24) is 0 Å². The van der Waals surface area contributed by atoms with E-state index in [1.807, 2.05) is 0 Å². The molecule has 0 bridgehead atoms. The molecule has 1 N–H and O–H groups in total. The molecule has 5 nitrogen and oxygen atoms in total. The van der Waals surface area contributed by atoms with Gasteiger partial charge in [0.25, 0.3) is 5.91 Å². The molecule has 0 saturated heterocycles. The minimum atomic E-state index is -0.963. The highest BCUT2D eigenvalue weighted by molar-refractivity contribution is 7.11. The number of carbonyl (C=O) groups is 3. The smallest absolute Gasteiger partial charge is 0.349 e. The quantitative estimate of drug-likeness (QED) is 0.679. The minimum Gasteiger partial charge on any atom is -0.448 e. The van der Waals surface area contributed by atoms with Gasteiger partial charge in [-0.05, 0) is 37.4 Å². The Morgan fingerprint density at radius 3 is 2.50 bits per heavy atom. The number of carbonyl (C=O) groups excluding carboxylic acids is 3. The van der Waals surface area contributed by atoms with Crippen LogP contribution in [0.1, 0.15) is 33.9 Å². The van der Waals surface area contributed by atoms with Crippen LogP contribution >= 0.6 is 11.3 Å². The average molecular weight is 317 g/mol. The molecule has 2 aromatic rings. The Balaban J connectivity index is 2.03. The van der Waals surface area contributed by atoms with E-state index in [4.69, 9.17) is 4.74 Å². The highest BCUT2D eigenvalue weighted by atomic mass is 32.1. The molecule has 0 aliphatic heterocycles. The van der Waals surface area contributed by atoms with Crippen LogP contribution in [-0.2, 0) is 9.53 Å². The first-order valence-corrected chi connectivity index (χ1v) is 7.52. The Morgan fingerprint density at radius 1 is 1.14 bits per heavy atom. The van der Waals surface area contributed by atoms with Crippen LogP contribution in [0.15, 0.2) is 41.8 Å². The van der Waals surface area contributed by atoms with Crippen molar-refractivity contribution < 1.29 is 19.1 Å². The van der Waals surface area contributed by atoms with E-state index < -0.39 is 18.0 Å². The zero-order valence-corrected chi connectivity index (χ0v) is 13.0. The van der Waals surface area contributed by atoms with Gasteiger partial charge in [-0.15, -0.1) is 11.3 Å². The molecular weight excluding hydrogens is 302 g/mol. The first kappa shape index (κ1) is 15.9. The van der Waals surface area contributed by atoms with Crippen molar-refractivity contribution in [3.63, 3.8) is 0 Å². The molecule has 1 unspecified atom stereocenters. The highest BCUT2D eigenvalue weighted by Gasteiger charge is 2.20. The van der Waals surface area contributed by atoms with Gasteiger partial charge in [0.2, 0.25) is 0 Å². The van der Waals surface area contributed by atoms with Gasteiger partial charge in [-0.25, -0.2) is 4.79 Å². The predicted octanol–water partition coefficient (Wildman–Crippen LogP) is 3.13. The number of amides is 1. The molecule has 0 fully saturated rings. The first-order chi connectivity index (χ1) is 10.5. The summed E-state index contributed by atoms with van der Waals surface area (Å²) in [5, 5.41) is 4.36. The van der Waals surface area contributed by atoms with E-state index in [0.29, 0.717) is 16.1 Å². The van der Waals surface area contributed by atoms with E-state index in [1.54, 1.807) is 41.8 Å². The number of rotatable bonds is 5. The van der Waals surface area contributed by atoms with Crippen molar-refractivity contribution in [2.24, 2.45) is 0 Å². The molecule has 2 rings (SSSR count). The molecule has 1 aromatic carbocycles. The second kappa shape index (κ2) is 7.00. The molecule has 0 saturated carbocycles. The Labute approximate surface area is 131 Å². The zero-order valence-electron chi connectivity index (χ0n) is 12.2. The molecule has 1 aromatic heterocycles. The molecule has 0 aliphatic carbocycles. The van der Waals surface area contributed by atoms with Gasteiger partial charge < -0.3 is 10.1 Å². The van der Waals surface area contributed by atoms with Crippen molar-refractivity contribution in [3.8, 4) is 0 Å². The van der Waals surface area contributed by atoms with Crippen molar-refractivity contribution in [2.45, 2.75) is 20.0 Å². The lowest BCUT2D eigenvalue weighted by Gasteiger charge is -2.14. The molecule has 1 atom stereocenters. The number of anilines is 1. The first-order valence-electron chi connectivity index (χ1n) is 6.64. The molecular formula is C16H15NO4S. The van der Waals surface area contributed by atoms with Crippen LogP contribution in [0, 0.1) is 0 Å². The number of nitrogens with one attached hydrogen (secondary N) is 1. The summed E-state index contributed by atoms with van der Waals surface area (Å²) >= 11 is 1.24. The highest BCUT2D eigenvalue weighted by Crippen LogP contribution is 2.17. The van der Waals surface area contributed by atoms with Crippen LogP contribution in [0.25, 0.3) is 0 Å². The van der Waals surface area contributed by atoms with Crippen LogP contribution in [0.2, 0.25) is 0 Å². The van der Waals surface area contributed by atoms with Crippen molar-refractivity contribution in [1.29, 1.82) is 0 Å². The maximum atomic E-state index is 12.1. The fourth-order valence-electron chi connectivity index (χ4n) is 1.80. The number of benzene rings is 1. The van der Waals surface area contributed by atoms with Crippen LogP contribution in [0.5, 0.6) is 0 Å². The van der Waals surface area contributed by atoms with Crippen LogP contribution < -0.4 is 5.32 Å². The van der Waals surface area contributed by atoms with Crippen LogP contribution in [0.3, 0.4) is 0 Å². The molecule has 114 valence electrons. The van der Waals surface area contributed by atoms with Gasteiger partial charge in [-0.1, -0.05) is 18.2 Å². The number of hydrogen-bond donors (Lipinski definition) is 1. The molecule has 22 heavy (non-hydrogen) atoms. The largest absolute Gasteiger partial charge is 0.448 e. The van der Waals surface area contributed by atoms with E-state index in [0.717, 1.165) is 0 Å². The lowest BCUT2D eigenvalue weighted by atomic mass is 10.1. The lowest BCUT2D eigenvalue weighted by molar-refractivity contribution is -0.123. The maximum Gasteiger partial charge on any atom is 0.349 e. The Morgan fingerprint density at radius 2 is 1.86 bits per heavy atom. The Hall–Kier alpha value is -2.47. The van der Waals surface area contributed by atoms with Gasteiger partial charge in [0.05, 0.1) is 5.69 Å². The van der Waals surface area contributed by atoms with Gasteiger partial charge in [0.15, 0.2) is 11.9 Å². The van der Waals surface area contributed by atoms with Gasteiger partial charge in [0.1, 0.15) is 4.88 Å². The fraction of sp³-hybridized carbons (Fsp3) is 0.188. The SMILES string of the molecule is CC(=O)c1ccccc1NC(=O)C(C)OC(=O)c1cccs1. The van der Waals surface area contributed by atoms with E-state index in [2.05, 4.69) is 5.32 Å². The molecule has 0 spiro atoms. The standard InChI is InChI=1S/C16H15NO4S/c1-10(18)12-6-3-4-7-13(12)17-15(19)11(2)21-16(20)14-8-5-9-22-14/h3-9,11H,1-2H3,(H,17,19). The third kappa shape index (κ3) is 3.79. The van der Waals surface area contributed by atoms with Crippen molar-refractivity contribution in [3.05, 3.63) is 52.2 Å². The summed E-state index contributed by atoms with van der Waals surface area (Å²) < 4.78 is 5.10. The summed E-state index contributed by atoms with van der Waals surface area (Å²) in [6.45, 7) is 2.91. The Kier molecular flexibility index (Phi) is 5.06. The molecule has 6 heteroatoms. The van der Waals surface area contributed by atoms with Gasteiger partial charge in [0, 0.05) is 5.56 Å². The van der Waals surface area contributed by atoms with Crippen molar-refractivity contribution >= 4 is 34.7 Å². The maximum absolute atomic E-state index is 12.1. The van der Waals surface area contributed by atoms with E-state index in [1.165, 1.54) is 25.2 Å². The van der Waals surface area contributed by atoms with Gasteiger partial charge >= 0.3 is 5.97 Å². The second-order valence-electron chi connectivity index (χ2n) is 4.62. The molecule has 0 radical (unpaired) electrons. The third-order valence-corrected chi connectivity index (χ3v) is 3.79. The van der Waals surface area contributed by atoms with Crippen molar-refractivity contribution in [2.75, 3.05) is 5.32 Å². The fourth-order valence-corrected chi connectivity index (χ4v) is 2.41. The number of ether oxygens (including phenoxy) is 1. The lowest BCUT2D eigenvalue weighted by Crippen LogP contribution is -2.30. The Bertz CT molecular complexity index is 694. The van der Waals surface area contributed by atoms with E-state index >= 15 is 0 Å². The second-order valence-corrected chi connectivity index (χ2v) is 5.56. The summed E-state index contributed by atoms with van der Waals surface area (Å²) in [5.74, 6) is -1.18. The number of esters is 1. The normalized spacial score (nSPS) is 11.5. The third-order valence-electron chi connectivity index (χ3n) is 2.94.